The molecule has 0 amide bonds. The van der Waals surface area contributed by atoms with E-state index in [1.54, 1.807) is 7.11 Å². The zero-order chi connectivity index (χ0) is 15.4. The Balaban J connectivity index is 2.23. The Hall–Kier alpha value is -1.07. The fourth-order valence-electron chi connectivity index (χ4n) is 2.73. The van der Waals surface area contributed by atoms with Crippen LogP contribution < -0.4 is 10.2 Å². The number of aryl methyl sites for hydroxylation is 2. The molecule has 1 aliphatic rings. The van der Waals surface area contributed by atoms with Crippen molar-refractivity contribution in [1.29, 1.82) is 0 Å². The van der Waals surface area contributed by atoms with Crippen molar-refractivity contribution in [3.05, 3.63) is 11.3 Å². The number of rotatable bonds is 9. The second-order valence-corrected chi connectivity index (χ2v) is 6.11. The molecule has 1 fully saturated rings. The van der Waals surface area contributed by atoms with Gasteiger partial charge in [0.2, 0.25) is 0 Å². The second-order valence-electron chi connectivity index (χ2n) is 6.11. The van der Waals surface area contributed by atoms with Crippen molar-refractivity contribution in [3.8, 4) is 0 Å². The van der Waals surface area contributed by atoms with Gasteiger partial charge in [-0.25, -0.2) is 0 Å². The number of nitrogens with zero attached hydrogens (tertiary/aromatic N) is 3. The molecule has 0 bridgehead atoms. The fraction of sp³-hybridized carbons (Fsp3) is 0.812. The monoisotopic (exact) mass is 294 g/mol. The average Bonchev–Trinajstić information content (AvgIpc) is 3.24. The van der Waals surface area contributed by atoms with Gasteiger partial charge in [0, 0.05) is 44.9 Å². The molecule has 0 spiro atoms. The molecule has 1 atom stereocenters. The van der Waals surface area contributed by atoms with Crippen LogP contribution in [0.4, 0.5) is 5.82 Å². The Morgan fingerprint density at radius 3 is 2.76 bits per heavy atom. The van der Waals surface area contributed by atoms with Crippen molar-refractivity contribution >= 4 is 5.82 Å². The van der Waals surface area contributed by atoms with Gasteiger partial charge in [-0.3, -0.25) is 4.68 Å². The van der Waals surface area contributed by atoms with Crippen LogP contribution in [0.25, 0.3) is 0 Å². The van der Waals surface area contributed by atoms with Crippen LogP contribution in [-0.2, 0) is 18.3 Å². The van der Waals surface area contributed by atoms with Crippen molar-refractivity contribution in [2.45, 2.75) is 58.7 Å². The van der Waals surface area contributed by atoms with Crippen LogP contribution in [0.2, 0.25) is 0 Å². The standard InChI is InChI=1S/C16H30N4O/c1-6-12(2)20(9-10-21-5)16-15(11-17-14-7-8-14)13(3)18-19(16)4/h12,14,17H,6-11H2,1-5H3. The molecule has 0 aromatic carbocycles. The van der Waals surface area contributed by atoms with E-state index in [-0.39, 0.29) is 0 Å². The summed E-state index contributed by atoms with van der Waals surface area (Å²) in [5.41, 5.74) is 2.46. The number of nitrogens with one attached hydrogen (secondary N) is 1. The maximum absolute atomic E-state index is 5.30. The quantitative estimate of drug-likeness (QED) is 0.758. The largest absolute Gasteiger partial charge is 0.383 e. The average molecular weight is 294 g/mol. The molecule has 120 valence electrons. The predicted molar refractivity (Wildman–Crippen MR) is 86.8 cm³/mol. The van der Waals surface area contributed by atoms with Gasteiger partial charge in [-0.05, 0) is 33.1 Å². The number of hydrogen-bond acceptors (Lipinski definition) is 4. The molecule has 1 unspecified atom stereocenters. The van der Waals surface area contributed by atoms with Gasteiger partial charge in [0.1, 0.15) is 5.82 Å². The third-order valence-corrected chi connectivity index (χ3v) is 4.39. The number of anilines is 1. The smallest absolute Gasteiger partial charge is 0.131 e. The lowest BCUT2D eigenvalue weighted by molar-refractivity contribution is 0.203. The van der Waals surface area contributed by atoms with Gasteiger partial charge in [0.25, 0.3) is 0 Å². The van der Waals surface area contributed by atoms with Crippen LogP contribution in [0.5, 0.6) is 0 Å². The van der Waals surface area contributed by atoms with Gasteiger partial charge in [-0.1, -0.05) is 6.92 Å². The summed E-state index contributed by atoms with van der Waals surface area (Å²) in [6.45, 7) is 9.18. The van der Waals surface area contributed by atoms with E-state index in [1.807, 2.05) is 11.7 Å². The molecule has 1 saturated carbocycles. The van der Waals surface area contributed by atoms with Crippen LogP contribution in [0.15, 0.2) is 0 Å². The highest BCUT2D eigenvalue weighted by molar-refractivity contribution is 5.51. The summed E-state index contributed by atoms with van der Waals surface area (Å²) in [5, 5.41) is 8.27. The van der Waals surface area contributed by atoms with E-state index in [0.29, 0.717) is 12.1 Å². The first-order valence-corrected chi connectivity index (χ1v) is 8.09. The summed E-state index contributed by atoms with van der Waals surface area (Å²) in [6.07, 6.45) is 3.74. The Kier molecular flexibility index (Phi) is 5.65. The Morgan fingerprint density at radius 2 is 2.19 bits per heavy atom. The first-order valence-electron chi connectivity index (χ1n) is 8.09. The van der Waals surface area contributed by atoms with Crippen LogP contribution in [-0.4, -0.2) is 42.1 Å². The molecule has 1 aliphatic carbocycles. The molecule has 1 aromatic rings. The van der Waals surface area contributed by atoms with Crippen molar-refractivity contribution in [2.75, 3.05) is 25.2 Å². The van der Waals surface area contributed by atoms with Gasteiger partial charge in [0.05, 0.1) is 12.3 Å². The van der Waals surface area contributed by atoms with Crippen LogP contribution in [0, 0.1) is 6.92 Å². The predicted octanol–water partition coefficient (Wildman–Crippen LogP) is 2.23. The minimum absolute atomic E-state index is 0.481. The molecule has 21 heavy (non-hydrogen) atoms. The molecular formula is C16H30N4O. The van der Waals surface area contributed by atoms with Crippen molar-refractivity contribution in [3.63, 3.8) is 0 Å². The van der Waals surface area contributed by atoms with Gasteiger partial charge >= 0.3 is 0 Å². The van der Waals surface area contributed by atoms with Crippen LogP contribution in [0.1, 0.15) is 44.4 Å². The van der Waals surface area contributed by atoms with Crippen molar-refractivity contribution in [2.24, 2.45) is 7.05 Å². The zero-order valence-electron chi connectivity index (χ0n) is 14.1. The molecule has 1 N–H and O–H groups in total. The van der Waals surface area contributed by atoms with Crippen molar-refractivity contribution < 1.29 is 4.74 Å². The Morgan fingerprint density at radius 1 is 1.48 bits per heavy atom. The summed E-state index contributed by atoms with van der Waals surface area (Å²) in [5.74, 6) is 1.24. The summed E-state index contributed by atoms with van der Waals surface area (Å²) >= 11 is 0. The summed E-state index contributed by atoms with van der Waals surface area (Å²) in [6, 6.07) is 1.20. The van der Waals surface area contributed by atoms with Gasteiger partial charge in [-0.15, -0.1) is 0 Å². The van der Waals surface area contributed by atoms with E-state index in [4.69, 9.17) is 4.74 Å². The van der Waals surface area contributed by atoms with Crippen molar-refractivity contribution in [1.82, 2.24) is 15.1 Å². The normalized spacial score (nSPS) is 16.2. The number of methoxy groups -OCH3 is 1. The van der Waals surface area contributed by atoms with Crippen LogP contribution >= 0.6 is 0 Å². The first-order chi connectivity index (χ1) is 10.1. The topological polar surface area (TPSA) is 42.3 Å². The molecule has 1 heterocycles. The molecule has 1 aromatic heterocycles. The Labute approximate surface area is 128 Å². The highest BCUT2D eigenvalue weighted by Crippen LogP contribution is 2.27. The Bertz CT molecular complexity index is 453. The summed E-state index contributed by atoms with van der Waals surface area (Å²) in [4.78, 5) is 2.44. The highest BCUT2D eigenvalue weighted by atomic mass is 16.5. The number of ether oxygens (including phenoxy) is 1. The molecule has 0 radical (unpaired) electrons. The van der Waals surface area contributed by atoms with Gasteiger partial charge < -0.3 is 15.0 Å². The molecule has 2 rings (SSSR count). The molecule has 0 aliphatic heterocycles. The van der Waals surface area contributed by atoms with E-state index >= 15 is 0 Å². The third-order valence-electron chi connectivity index (χ3n) is 4.39. The first kappa shape index (κ1) is 16.3. The molecule has 5 heteroatoms. The lowest BCUT2D eigenvalue weighted by Gasteiger charge is -2.31. The maximum Gasteiger partial charge on any atom is 0.131 e. The molecule has 5 nitrogen and oxygen atoms in total. The van der Waals surface area contributed by atoms with E-state index in [0.717, 1.165) is 31.8 Å². The second kappa shape index (κ2) is 7.27. The minimum Gasteiger partial charge on any atom is -0.383 e. The molecular weight excluding hydrogens is 264 g/mol. The highest BCUT2D eigenvalue weighted by Gasteiger charge is 2.25. The van der Waals surface area contributed by atoms with Gasteiger partial charge in [0.15, 0.2) is 0 Å². The summed E-state index contributed by atoms with van der Waals surface area (Å²) < 4.78 is 7.33. The zero-order valence-corrected chi connectivity index (χ0v) is 14.1. The van der Waals surface area contributed by atoms with E-state index in [1.165, 1.54) is 24.2 Å². The number of hydrogen-bond donors (Lipinski definition) is 1. The SMILES string of the molecule is CCC(C)N(CCOC)c1c(CNC2CC2)c(C)nn1C. The third kappa shape index (κ3) is 3.98. The lowest BCUT2D eigenvalue weighted by Crippen LogP contribution is -2.37. The minimum atomic E-state index is 0.481. The summed E-state index contributed by atoms with van der Waals surface area (Å²) in [7, 11) is 3.81. The number of aromatic nitrogens is 2. The molecule has 0 saturated heterocycles. The fourth-order valence-corrected chi connectivity index (χ4v) is 2.73. The van der Waals surface area contributed by atoms with Gasteiger partial charge in [-0.2, -0.15) is 5.10 Å². The van der Waals surface area contributed by atoms with E-state index in [9.17, 15) is 0 Å². The lowest BCUT2D eigenvalue weighted by atomic mass is 10.1. The van der Waals surface area contributed by atoms with Crippen LogP contribution in [0.3, 0.4) is 0 Å². The maximum atomic E-state index is 5.30. The van der Waals surface area contributed by atoms with E-state index < -0.39 is 0 Å². The van der Waals surface area contributed by atoms with E-state index in [2.05, 4.69) is 36.1 Å².